The van der Waals surface area contributed by atoms with Gasteiger partial charge in [-0.25, -0.2) is 9.82 Å². The van der Waals surface area contributed by atoms with Crippen LogP contribution in [-0.4, -0.2) is 18.0 Å². The van der Waals surface area contributed by atoms with Gasteiger partial charge in [0.1, 0.15) is 18.2 Å². The van der Waals surface area contributed by atoms with Gasteiger partial charge in [-0.15, -0.1) is 0 Å². The average molecular weight is 504 g/mol. The van der Waals surface area contributed by atoms with E-state index in [1.165, 1.54) is 30.5 Å². The van der Waals surface area contributed by atoms with Gasteiger partial charge in [0.15, 0.2) is 0 Å². The van der Waals surface area contributed by atoms with E-state index in [1.54, 1.807) is 12.1 Å². The summed E-state index contributed by atoms with van der Waals surface area (Å²) in [6.07, 6.45) is 1.44. The number of nitrogens with zero attached hydrogens (tertiary/aromatic N) is 1. The average Bonchev–Trinajstić information content (AvgIpc) is 2.89. The third-order valence-electron chi connectivity index (χ3n) is 5.33. The van der Waals surface area contributed by atoms with E-state index >= 15 is 0 Å². The van der Waals surface area contributed by atoms with Crippen molar-refractivity contribution in [2.45, 2.75) is 19.4 Å². The maximum atomic E-state index is 13.0. The van der Waals surface area contributed by atoms with Crippen LogP contribution in [0.15, 0.2) is 90.0 Å². The number of benzene rings is 4. The number of nitrogens with one attached hydrogen (secondary N) is 2. The van der Waals surface area contributed by atoms with Crippen molar-refractivity contribution >= 4 is 46.1 Å². The molecule has 4 rings (SSSR count). The lowest BCUT2D eigenvalue weighted by Crippen LogP contribution is -2.20. The van der Waals surface area contributed by atoms with Crippen LogP contribution in [0.25, 0.3) is 10.8 Å². The Balaban J connectivity index is 1.38. The summed E-state index contributed by atoms with van der Waals surface area (Å²) in [6, 6.07) is 24.4. The SMILES string of the molecule is O=C(CCC(=O)Nc1ccc(F)cc1)NN=Cc1c(OCc2ccc(Cl)cc2)ccc2ccccc12. The Labute approximate surface area is 212 Å². The van der Waals surface area contributed by atoms with E-state index in [4.69, 9.17) is 16.3 Å². The highest BCUT2D eigenvalue weighted by molar-refractivity contribution is 6.30. The van der Waals surface area contributed by atoms with Crippen LogP contribution in [0.5, 0.6) is 5.75 Å². The molecule has 0 radical (unpaired) electrons. The van der Waals surface area contributed by atoms with Crippen molar-refractivity contribution < 1.29 is 18.7 Å². The van der Waals surface area contributed by atoms with Crippen LogP contribution >= 0.6 is 11.6 Å². The maximum absolute atomic E-state index is 13.0. The molecule has 0 saturated heterocycles. The smallest absolute Gasteiger partial charge is 0.240 e. The molecule has 2 amide bonds. The second-order valence-corrected chi connectivity index (χ2v) is 8.40. The minimum atomic E-state index is -0.413. The first kappa shape index (κ1) is 24.9. The molecule has 4 aromatic carbocycles. The van der Waals surface area contributed by atoms with Gasteiger partial charge in [0, 0.05) is 29.1 Å². The first-order chi connectivity index (χ1) is 17.5. The largest absolute Gasteiger partial charge is 0.488 e. The molecule has 182 valence electrons. The summed E-state index contributed by atoms with van der Waals surface area (Å²) in [4.78, 5) is 24.3. The van der Waals surface area contributed by atoms with Crippen LogP contribution in [0.1, 0.15) is 24.0 Å². The Morgan fingerprint density at radius 2 is 1.61 bits per heavy atom. The summed E-state index contributed by atoms with van der Waals surface area (Å²) >= 11 is 5.96. The van der Waals surface area contributed by atoms with Crippen molar-refractivity contribution in [1.29, 1.82) is 0 Å². The Morgan fingerprint density at radius 1 is 0.889 bits per heavy atom. The van der Waals surface area contributed by atoms with Gasteiger partial charge in [0.25, 0.3) is 0 Å². The van der Waals surface area contributed by atoms with Crippen LogP contribution in [0.3, 0.4) is 0 Å². The molecule has 36 heavy (non-hydrogen) atoms. The van der Waals surface area contributed by atoms with Crippen molar-refractivity contribution in [1.82, 2.24) is 5.43 Å². The van der Waals surface area contributed by atoms with Gasteiger partial charge < -0.3 is 10.1 Å². The second-order valence-electron chi connectivity index (χ2n) is 7.96. The zero-order chi connectivity index (χ0) is 25.3. The number of hydrogen-bond acceptors (Lipinski definition) is 4. The summed E-state index contributed by atoms with van der Waals surface area (Å²) in [5.41, 5.74) is 4.60. The minimum Gasteiger partial charge on any atom is -0.488 e. The van der Waals surface area contributed by atoms with Gasteiger partial charge in [-0.3, -0.25) is 9.59 Å². The summed E-state index contributed by atoms with van der Waals surface area (Å²) in [6.45, 7) is 0.339. The van der Waals surface area contributed by atoms with E-state index in [9.17, 15) is 14.0 Å². The molecule has 6 nitrogen and oxygen atoms in total. The monoisotopic (exact) mass is 503 g/mol. The first-order valence-corrected chi connectivity index (χ1v) is 11.6. The van der Waals surface area contributed by atoms with Gasteiger partial charge in [-0.05, 0) is 58.8 Å². The van der Waals surface area contributed by atoms with Crippen molar-refractivity contribution in [3.63, 3.8) is 0 Å². The fourth-order valence-corrected chi connectivity index (χ4v) is 3.61. The number of halogens is 2. The first-order valence-electron chi connectivity index (χ1n) is 11.2. The molecular weight excluding hydrogens is 481 g/mol. The Bertz CT molecular complexity index is 1390. The number of amides is 2. The number of hydrogen-bond donors (Lipinski definition) is 2. The summed E-state index contributed by atoms with van der Waals surface area (Å²) < 4.78 is 19.0. The molecule has 0 fully saturated rings. The molecule has 8 heteroatoms. The molecule has 0 atom stereocenters. The molecule has 0 bridgehead atoms. The molecule has 0 aliphatic rings. The van der Waals surface area contributed by atoms with Crippen molar-refractivity contribution in [2.24, 2.45) is 5.10 Å². The maximum Gasteiger partial charge on any atom is 0.240 e. The van der Waals surface area contributed by atoms with E-state index < -0.39 is 11.7 Å². The predicted octanol–water partition coefficient (Wildman–Crippen LogP) is 6.08. The van der Waals surface area contributed by atoms with Gasteiger partial charge in [0.05, 0.1) is 6.21 Å². The Hall–Kier alpha value is -4.23. The highest BCUT2D eigenvalue weighted by Gasteiger charge is 2.10. The zero-order valence-corrected chi connectivity index (χ0v) is 20.0. The van der Waals surface area contributed by atoms with Crippen molar-refractivity contribution in [3.8, 4) is 5.75 Å². The number of carbonyl (C=O) groups excluding carboxylic acids is 2. The molecule has 0 spiro atoms. The van der Waals surface area contributed by atoms with E-state index in [1.807, 2.05) is 48.5 Å². The summed E-state index contributed by atoms with van der Waals surface area (Å²) in [5, 5.41) is 9.29. The molecule has 2 N–H and O–H groups in total. The lowest BCUT2D eigenvalue weighted by molar-refractivity contribution is -0.124. The van der Waals surface area contributed by atoms with Crippen LogP contribution < -0.4 is 15.5 Å². The van der Waals surface area contributed by atoms with E-state index in [0.717, 1.165) is 21.9 Å². The minimum absolute atomic E-state index is 0.0392. The van der Waals surface area contributed by atoms with Gasteiger partial charge in [-0.1, -0.05) is 54.1 Å². The number of anilines is 1. The van der Waals surface area contributed by atoms with E-state index in [-0.39, 0.29) is 18.7 Å². The van der Waals surface area contributed by atoms with Gasteiger partial charge in [-0.2, -0.15) is 5.10 Å². The molecule has 0 aromatic heterocycles. The highest BCUT2D eigenvalue weighted by atomic mass is 35.5. The predicted molar refractivity (Wildman–Crippen MR) is 140 cm³/mol. The number of hydrazone groups is 1. The second kappa shape index (κ2) is 12.0. The number of rotatable bonds is 9. The highest BCUT2D eigenvalue weighted by Crippen LogP contribution is 2.27. The molecule has 0 saturated carbocycles. The molecule has 0 heterocycles. The van der Waals surface area contributed by atoms with Crippen LogP contribution in [0.4, 0.5) is 10.1 Å². The molecule has 0 aliphatic carbocycles. The van der Waals surface area contributed by atoms with Crippen LogP contribution in [0, 0.1) is 5.82 Å². The summed E-state index contributed by atoms with van der Waals surface area (Å²) in [7, 11) is 0. The van der Waals surface area contributed by atoms with Gasteiger partial charge in [0.2, 0.25) is 11.8 Å². The van der Waals surface area contributed by atoms with E-state index in [0.29, 0.717) is 23.1 Å². The molecule has 0 unspecified atom stereocenters. The fourth-order valence-electron chi connectivity index (χ4n) is 3.48. The lowest BCUT2D eigenvalue weighted by atomic mass is 10.0. The quantitative estimate of drug-likeness (QED) is 0.214. The molecule has 4 aromatic rings. The molecular formula is C28H23ClFN3O3. The standard InChI is InChI=1S/C28H23ClFN3O3/c29-21-8-5-19(6-9-21)18-36-26-14-7-20-3-1-2-4-24(20)25(26)17-31-33-28(35)16-15-27(34)32-23-12-10-22(30)11-13-23/h1-14,17H,15-16,18H2,(H,32,34)(H,33,35). The summed E-state index contributed by atoms with van der Waals surface area (Å²) in [5.74, 6) is -0.549. The van der Waals surface area contributed by atoms with Gasteiger partial charge >= 0.3 is 0 Å². The number of fused-ring (bicyclic) bond motifs is 1. The van der Waals surface area contributed by atoms with Crippen LogP contribution in [-0.2, 0) is 16.2 Å². The molecule has 0 aliphatic heterocycles. The third-order valence-corrected chi connectivity index (χ3v) is 5.58. The zero-order valence-electron chi connectivity index (χ0n) is 19.2. The normalized spacial score (nSPS) is 10.9. The Morgan fingerprint density at radius 3 is 2.39 bits per heavy atom. The van der Waals surface area contributed by atoms with Crippen molar-refractivity contribution in [2.75, 3.05) is 5.32 Å². The van der Waals surface area contributed by atoms with Crippen LogP contribution in [0.2, 0.25) is 5.02 Å². The number of ether oxygens (including phenoxy) is 1. The topological polar surface area (TPSA) is 79.8 Å². The Kier molecular flexibility index (Phi) is 8.26. The van der Waals surface area contributed by atoms with E-state index in [2.05, 4.69) is 15.8 Å². The fraction of sp³-hybridized carbons (Fsp3) is 0.107. The van der Waals surface area contributed by atoms with Crippen molar-refractivity contribution in [3.05, 3.63) is 107 Å². The number of carbonyl (C=O) groups is 2. The lowest BCUT2D eigenvalue weighted by Gasteiger charge is -2.12. The third kappa shape index (κ3) is 6.90.